The summed E-state index contributed by atoms with van der Waals surface area (Å²) in [5, 5.41) is 17.7. The van der Waals surface area contributed by atoms with Gasteiger partial charge >= 0.3 is 0 Å². The lowest BCUT2D eigenvalue weighted by atomic mass is 9.84. The highest BCUT2D eigenvalue weighted by molar-refractivity contribution is 6.33. The molecule has 2 aliphatic rings. The maximum Gasteiger partial charge on any atom is 0.276 e. The molecule has 0 atom stereocenters. The molecule has 3 aromatic heterocycles. The molecule has 10 nitrogen and oxygen atoms in total. The molecule has 2 amide bonds. The van der Waals surface area contributed by atoms with Gasteiger partial charge in [-0.25, -0.2) is 13.9 Å². The number of pyridine rings is 1. The fourth-order valence-corrected chi connectivity index (χ4v) is 5.34. The van der Waals surface area contributed by atoms with Gasteiger partial charge in [-0.3, -0.25) is 14.6 Å². The first-order valence-corrected chi connectivity index (χ1v) is 14.2. The Morgan fingerprint density at radius 3 is 2.44 bits per heavy atom. The second-order valence-electron chi connectivity index (χ2n) is 10.6. The fraction of sp³-hybridized carbons (Fsp3) is 0.345. The highest BCUT2D eigenvalue weighted by Gasteiger charge is 2.27. The molecule has 0 unspecified atom stereocenters. The molecule has 0 spiro atoms. The van der Waals surface area contributed by atoms with Crippen LogP contribution < -0.4 is 21.3 Å². The third-order valence-electron chi connectivity index (χ3n) is 7.48. The summed E-state index contributed by atoms with van der Waals surface area (Å²) in [6.45, 7) is 0. The van der Waals surface area contributed by atoms with Crippen LogP contribution in [-0.2, 0) is 4.79 Å². The molecular formula is C29H30ClFN8O2. The number of imidazole rings is 1. The Morgan fingerprint density at radius 1 is 0.927 bits per heavy atom. The molecule has 0 radical (unpaired) electrons. The van der Waals surface area contributed by atoms with Crippen LogP contribution in [0.25, 0.3) is 5.65 Å². The van der Waals surface area contributed by atoms with Crippen LogP contribution in [0.2, 0.25) is 5.02 Å². The number of carbonyl (C=O) groups excluding carboxylic acids is 2. The van der Waals surface area contributed by atoms with Crippen molar-refractivity contribution in [3.63, 3.8) is 0 Å². The smallest absolute Gasteiger partial charge is 0.276 e. The number of hydrogen-bond acceptors (Lipinski definition) is 7. The summed E-state index contributed by atoms with van der Waals surface area (Å²) in [5.74, 6) is -0.286. The molecule has 12 heteroatoms. The summed E-state index contributed by atoms with van der Waals surface area (Å²) in [6.07, 6.45) is 10.1. The number of hydrogen-bond donors (Lipinski definition) is 4. The Hall–Kier alpha value is -4.25. The van der Waals surface area contributed by atoms with Crippen molar-refractivity contribution < 1.29 is 14.0 Å². The van der Waals surface area contributed by atoms with E-state index in [9.17, 15) is 14.0 Å². The highest BCUT2D eigenvalue weighted by Crippen LogP contribution is 2.32. The lowest BCUT2D eigenvalue weighted by molar-refractivity contribution is -0.117. The summed E-state index contributed by atoms with van der Waals surface area (Å²) in [6, 6.07) is 11.1. The van der Waals surface area contributed by atoms with E-state index in [4.69, 9.17) is 11.6 Å². The number of benzene rings is 1. The largest absolute Gasteiger partial charge is 0.379 e. The summed E-state index contributed by atoms with van der Waals surface area (Å²) in [5.41, 5.74) is 2.15. The Bertz CT molecular complexity index is 1580. The lowest BCUT2D eigenvalue weighted by Crippen LogP contribution is -2.29. The molecular weight excluding hydrogens is 547 g/mol. The van der Waals surface area contributed by atoms with Crippen LogP contribution in [0.5, 0.6) is 0 Å². The second-order valence-corrected chi connectivity index (χ2v) is 11.1. The minimum Gasteiger partial charge on any atom is -0.379 e. The minimum atomic E-state index is -0.627. The molecule has 1 aromatic carbocycles. The van der Waals surface area contributed by atoms with Gasteiger partial charge in [0.25, 0.3) is 5.91 Å². The molecule has 0 aliphatic heterocycles. The zero-order chi connectivity index (χ0) is 28.3. The van der Waals surface area contributed by atoms with Crippen molar-refractivity contribution in [2.75, 3.05) is 21.3 Å². The van der Waals surface area contributed by atoms with Gasteiger partial charge in [0.05, 0.1) is 34.5 Å². The molecule has 2 saturated carbocycles. The average molecular weight is 577 g/mol. The maximum absolute atomic E-state index is 14.1. The molecule has 41 heavy (non-hydrogen) atoms. The lowest BCUT2D eigenvalue weighted by Gasteiger charge is -2.29. The molecule has 4 aromatic rings. The zero-order valence-electron chi connectivity index (χ0n) is 22.2. The summed E-state index contributed by atoms with van der Waals surface area (Å²) < 4.78 is 15.6. The van der Waals surface area contributed by atoms with Gasteiger partial charge < -0.3 is 21.3 Å². The van der Waals surface area contributed by atoms with E-state index >= 15 is 0 Å². The number of carbonyl (C=O) groups is 2. The van der Waals surface area contributed by atoms with E-state index in [1.807, 2.05) is 18.2 Å². The van der Waals surface area contributed by atoms with E-state index in [0.29, 0.717) is 34.6 Å². The first kappa shape index (κ1) is 26.9. The number of fused-ring (bicyclic) bond motifs is 1. The van der Waals surface area contributed by atoms with Crippen LogP contribution in [0.4, 0.5) is 27.3 Å². The number of aromatic nitrogens is 4. The van der Waals surface area contributed by atoms with Gasteiger partial charge in [-0.2, -0.15) is 0 Å². The number of amides is 2. The van der Waals surface area contributed by atoms with E-state index in [0.717, 1.165) is 50.4 Å². The zero-order valence-corrected chi connectivity index (χ0v) is 23.0. The SMILES string of the molecule is O=C(CC1CCC(Nc2cc(NC3CC3)c3ncc(C(=O)Nc4ccncc4F)n3n2)CC1)Nc1ccccc1Cl. The monoisotopic (exact) mass is 576 g/mol. The van der Waals surface area contributed by atoms with Crippen molar-refractivity contribution in [2.45, 2.75) is 57.0 Å². The number of halogens is 2. The fourth-order valence-electron chi connectivity index (χ4n) is 5.16. The Labute approximate surface area is 241 Å². The number of para-hydroxylation sites is 1. The van der Waals surface area contributed by atoms with E-state index < -0.39 is 11.7 Å². The molecule has 6 rings (SSSR count). The van der Waals surface area contributed by atoms with Crippen LogP contribution in [0, 0.1) is 11.7 Å². The van der Waals surface area contributed by atoms with Crippen molar-refractivity contribution in [3.05, 3.63) is 71.5 Å². The summed E-state index contributed by atoms with van der Waals surface area (Å²) in [7, 11) is 0. The van der Waals surface area contributed by atoms with Gasteiger partial charge in [0.2, 0.25) is 5.91 Å². The Morgan fingerprint density at radius 2 is 1.68 bits per heavy atom. The number of nitrogens with zero attached hydrogens (tertiary/aromatic N) is 4. The molecule has 4 N–H and O–H groups in total. The standard InChI is InChI=1S/C29H30ClFN8O2/c30-20-3-1-2-4-22(20)36-27(40)13-17-5-7-19(8-6-17)35-26-14-24(34-18-9-10-18)28-33-16-25(39(28)38-26)29(41)37-23-11-12-32-15-21(23)31/h1-4,11-12,14-19,34H,5-10,13H2,(H,35,38)(H,36,40)(H,32,37,41). The van der Waals surface area contributed by atoms with Gasteiger partial charge in [-0.05, 0) is 62.6 Å². The van der Waals surface area contributed by atoms with Crippen LogP contribution in [0.3, 0.4) is 0 Å². The maximum atomic E-state index is 14.1. The van der Waals surface area contributed by atoms with E-state index in [1.54, 1.807) is 12.1 Å². The molecule has 0 bridgehead atoms. The summed E-state index contributed by atoms with van der Waals surface area (Å²) in [4.78, 5) is 33.8. The topological polar surface area (TPSA) is 125 Å². The number of nitrogens with one attached hydrogen (secondary N) is 4. The molecule has 2 fully saturated rings. The predicted molar refractivity (Wildman–Crippen MR) is 156 cm³/mol. The molecule has 3 heterocycles. The van der Waals surface area contributed by atoms with Gasteiger partial charge in [0.15, 0.2) is 17.2 Å². The van der Waals surface area contributed by atoms with Crippen LogP contribution in [0.15, 0.2) is 55.0 Å². The third kappa shape index (κ3) is 6.40. The third-order valence-corrected chi connectivity index (χ3v) is 7.81. The van der Waals surface area contributed by atoms with Crippen LogP contribution >= 0.6 is 11.6 Å². The van der Waals surface area contributed by atoms with Crippen molar-refractivity contribution in [1.82, 2.24) is 19.6 Å². The van der Waals surface area contributed by atoms with E-state index in [1.165, 1.54) is 23.0 Å². The second kappa shape index (κ2) is 11.7. The average Bonchev–Trinajstić information content (AvgIpc) is 3.67. The van der Waals surface area contributed by atoms with Crippen LogP contribution in [-0.4, -0.2) is 43.5 Å². The highest BCUT2D eigenvalue weighted by atomic mass is 35.5. The van der Waals surface area contributed by atoms with Crippen molar-refractivity contribution in [1.29, 1.82) is 0 Å². The van der Waals surface area contributed by atoms with E-state index in [-0.39, 0.29) is 29.2 Å². The van der Waals surface area contributed by atoms with Crippen molar-refractivity contribution >= 4 is 51.9 Å². The molecule has 212 valence electrons. The van der Waals surface area contributed by atoms with Gasteiger partial charge in [-0.1, -0.05) is 23.7 Å². The first-order chi connectivity index (χ1) is 19.9. The first-order valence-electron chi connectivity index (χ1n) is 13.8. The minimum absolute atomic E-state index is 0.0304. The normalized spacial score (nSPS) is 18.6. The number of rotatable bonds is 9. The Balaban J connectivity index is 1.13. The van der Waals surface area contributed by atoms with Gasteiger partial charge in [0.1, 0.15) is 5.82 Å². The van der Waals surface area contributed by atoms with Gasteiger partial charge in [0, 0.05) is 30.8 Å². The molecule has 0 saturated heterocycles. The van der Waals surface area contributed by atoms with Crippen molar-refractivity contribution in [2.24, 2.45) is 5.92 Å². The Kier molecular flexibility index (Phi) is 7.69. The predicted octanol–water partition coefficient (Wildman–Crippen LogP) is 5.74. The molecule has 2 aliphatic carbocycles. The van der Waals surface area contributed by atoms with Crippen LogP contribution in [0.1, 0.15) is 55.4 Å². The van der Waals surface area contributed by atoms with E-state index in [2.05, 4.69) is 36.3 Å². The van der Waals surface area contributed by atoms with Gasteiger partial charge in [-0.15, -0.1) is 5.10 Å². The number of anilines is 4. The summed E-state index contributed by atoms with van der Waals surface area (Å²) >= 11 is 6.17. The van der Waals surface area contributed by atoms with Crippen molar-refractivity contribution in [3.8, 4) is 0 Å². The quantitative estimate of drug-likeness (QED) is 0.200.